The van der Waals surface area contributed by atoms with Crippen molar-refractivity contribution < 1.29 is 28.7 Å². The predicted octanol–water partition coefficient (Wildman–Crippen LogP) is 2.30. The van der Waals surface area contributed by atoms with Crippen molar-refractivity contribution in [3.05, 3.63) is 0 Å². The average Bonchev–Trinajstić information content (AvgIpc) is 2.30. The Morgan fingerprint density at radius 3 is 1.21 bits per heavy atom. The van der Waals surface area contributed by atoms with E-state index in [-0.39, 0.29) is 6.16 Å². The summed E-state index contributed by atoms with van der Waals surface area (Å²) in [7, 11) is -9.64. The summed E-state index contributed by atoms with van der Waals surface area (Å²) in [5.41, 5.74) is 0. The zero-order valence-corrected chi connectivity index (χ0v) is 14.7. The van der Waals surface area contributed by atoms with Gasteiger partial charge in [-0.1, -0.05) is 0 Å². The normalized spacial score (nSPS) is 16.4. The second-order valence-electron chi connectivity index (χ2n) is 5.34. The zero-order valence-electron chi connectivity index (χ0n) is 12.1. The van der Waals surface area contributed by atoms with E-state index in [0.29, 0.717) is 0 Å². The molecule has 0 aliphatic rings. The van der Waals surface area contributed by atoms with E-state index >= 15 is 0 Å². The minimum atomic E-state index is -4.82. The third-order valence-corrected chi connectivity index (χ3v) is 17.9. The van der Waals surface area contributed by atoms with Crippen LogP contribution >= 0.6 is 21.8 Å². The van der Waals surface area contributed by atoms with Crippen LogP contribution in [0.3, 0.4) is 0 Å². The molecule has 118 valence electrons. The molecule has 0 aromatic rings. The van der Waals surface area contributed by atoms with Crippen LogP contribution in [0.2, 0.25) is 0 Å². The van der Waals surface area contributed by atoms with Gasteiger partial charge in [0.15, 0.2) is 0 Å². The SMILES string of the molecule is CCP(CC)(CC)(CC)CC(P(=O)(O)O)P(=O)(O)O. The van der Waals surface area contributed by atoms with Gasteiger partial charge >= 0.3 is 114 Å². The number of hydrogen-bond acceptors (Lipinski definition) is 2. The fourth-order valence-electron chi connectivity index (χ4n) is 2.73. The average molecular weight is 336 g/mol. The number of rotatable bonds is 8. The molecule has 6 nitrogen and oxygen atoms in total. The van der Waals surface area contributed by atoms with Crippen molar-refractivity contribution in [3.63, 3.8) is 0 Å². The van der Waals surface area contributed by atoms with Gasteiger partial charge in [-0.3, -0.25) is 0 Å². The van der Waals surface area contributed by atoms with Crippen molar-refractivity contribution in [3.8, 4) is 0 Å². The van der Waals surface area contributed by atoms with Crippen LogP contribution in [0.4, 0.5) is 0 Å². The van der Waals surface area contributed by atoms with Crippen LogP contribution in [0, 0.1) is 0 Å². The Bertz CT molecular complexity index is 349. The van der Waals surface area contributed by atoms with Gasteiger partial charge in [0.05, 0.1) is 0 Å². The summed E-state index contributed by atoms with van der Waals surface area (Å²) in [6.07, 6.45) is 2.99. The molecule has 0 atom stereocenters. The molecule has 0 saturated carbocycles. The van der Waals surface area contributed by atoms with Crippen molar-refractivity contribution in [2.75, 3.05) is 30.8 Å². The first-order chi connectivity index (χ1) is 8.40. The summed E-state index contributed by atoms with van der Waals surface area (Å²) >= 11 is 0. The molecule has 0 radical (unpaired) electrons. The first-order valence-electron chi connectivity index (χ1n) is 6.50. The molecular weight excluding hydrogens is 309 g/mol. The summed E-state index contributed by atoms with van der Waals surface area (Å²) in [4.78, 5) is 37.3. The van der Waals surface area contributed by atoms with Crippen LogP contribution in [-0.4, -0.2) is 55.8 Å². The van der Waals surface area contributed by atoms with Crippen LogP contribution in [0.25, 0.3) is 0 Å². The first-order valence-corrected chi connectivity index (χ1v) is 13.0. The Morgan fingerprint density at radius 2 is 1.05 bits per heavy atom. The van der Waals surface area contributed by atoms with Gasteiger partial charge in [0.1, 0.15) is 0 Å². The fraction of sp³-hybridized carbons (Fsp3) is 1.00. The third kappa shape index (κ3) is 4.35. The predicted molar refractivity (Wildman–Crippen MR) is 81.8 cm³/mol. The maximum atomic E-state index is 11.5. The molecule has 9 heteroatoms. The molecule has 0 aliphatic carbocycles. The van der Waals surface area contributed by atoms with Gasteiger partial charge < -0.3 is 0 Å². The van der Waals surface area contributed by atoms with E-state index in [9.17, 15) is 28.7 Å². The summed E-state index contributed by atoms with van der Waals surface area (Å²) in [5.74, 6) is 0. The first kappa shape index (κ1) is 19.7. The van der Waals surface area contributed by atoms with Gasteiger partial charge in [-0.05, 0) is 0 Å². The molecule has 4 N–H and O–H groups in total. The van der Waals surface area contributed by atoms with Gasteiger partial charge in [0, 0.05) is 0 Å². The molecular formula is C10H27O6P3. The summed E-state index contributed by atoms with van der Waals surface area (Å²) in [5, 5.41) is -1.85. The van der Waals surface area contributed by atoms with Crippen LogP contribution in [0.1, 0.15) is 27.7 Å². The van der Waals surface area contributed by atoms with Gasteiger partial charge in [-0.15, -0.1) is 0 Å². The second-order valence-corrected chi connectivity index (χ2v) is 16.7. The van der Waals surface area contributed by atoms with Gasteiger partial charge in [-0.25, -0.2) is 0 Å². The summed E-state index contributed by atoms with van der Waals surface area (Å²) < 4.78 is 23.0. The van der Waals surface area contributed by atoms with Crippen molar-refractivity contribution >= 4 is 21.8 Å². The molecule has 0 amide bonds. The van der Waals surface area contributed by atoms with E-state index in [1.165, 1.54) is 0 Å². The minimum absolute atomic E-state index is 0.0276. The molecule has 0 fully saturated rings. The molecule has 0 rings (SSSR count). The van der Waals surface area contributed by atoms with Crippen molar-refractivity contribution in [2.24, 2.45) is 0 Å². The Hall–Kier alpha value is 0.730. The molecule has 0 aromatic heterocycles. The van der Waals surface area contributed by atoms with E-state index in [2.05, 4.69) is 0 Å². The Balaban J connectivity index is 5.80. The van der Waals surface area contributed by atoms with Crippen molar-refractivity contribution in [1.82, 2.24) is 0 Å². The van der Waals surface area contributed by atoms with Crippen LogP contribution in [0.15, 0.2) is 0 Å². The van der Waals surface area contributed by atoms with Crippen LogP contribution < -0.4 is 0 Å². The number of hydrogen-bond donors (Lipinski definition) is 4. The van der Waals surface area contributed by atoms with E-state index in [1.54, 1.807) is 0 Å². The molecule has 0 spiro atoms. The molecule has 19 heavy (non-hydrogen) atoms. The molecule has 0 aliphatic heterocycles. The Morgan fingerprint density at radius 1 is 0.789 bits per heavy atom. The van der Waals surface area contributed by atoms with E-state index in [1.807, 2.05) is 27.7 Å². The molecule has 0 saturated heterocycles. The van der Waals surface area contributed by atoms with Gasteiger partial charge in [-0.2, -0.15) is 0 Å². The van der Waals surface area contributed by atoms with Crippen molar-refractivity contribution in [2.45, 2.75) is 33.1 Å². The van der Waals surface area contributed by atoms with E-state index in [4.69, 9.17) is 0 Å². The monoisotopic (exact) mass is 336 g/mol. The standard InChI is InChI=1S/C10H27O6P3/c1-5-19(6-2,7-3,8-4)9-10(17(11,12)13)18(14,15)16/h10H,5-9H2,1-4H3,(H2,11,12,13)(H2,14,15,16). The maximum absolute atomic E-state index is 11.5. The fourth-order valence-corrected chi connectivity index (χ4v) is 13.4. The Labute approximate surface area is 115 Å². The molecule has 0 unspecified atom stereocenters. The topological polar surface area (TPSA) is 115 Å². The quantitative estimate of drug-likeness (QED) is 0.506. The Kier molecular flexibility index (Phi) is 6.47. The van der Waals surface area contributed by atoms with E-state index in [0.717, 1.165) is 24.6 Å². The third-order valence-electron chi connectivity index (χ3n) is 5.03. The van der Waals surface area contributed by atoms with Gasteiger partial charge in [0.25, 0.3) is 0 Å². The van der Waals surface area contributed by atoms with Crippen LogP contribution in [-0.2, 0) is 9.13 Å². The molecule has 0 bridgehead atoms. The summed E-state index contributed by atoms with van der Waals surface area (Å²) in [6, 6.07) is 0. The summed E-state index contributed by atoms with van der Waals surface area (Å²) in [6.45, 7) is 5.36. The van der Waals surface area contributed by atoms with Crippen LogP contribution in [0.5, 0.6) is 0 Å². The second kappa shape index (κ2) is 6.23. The molecule has 0 heterocycles. The van der Waals surface area contributed by atoms with Crippen molar-refractivity contribution in [1.29, 1.82) is 0 Å². The van der Waals surface area contributed by atoms with Gasteiger partial charge in [0.2, 0.25) is 0 Å². The molecule has 0 aromatic carbocycles. The van der Waals surface area contributed by atoms with E-state index < -0.39 is 27.2 Å². The zero-order chi connectivity index (χ0) is 15.6.